The van der Waals surface area contributed by atoms with Crippen molar-refractivity contribution in [2.24, 2.45) is 0 Å². The van der Waals surface area contributed by atoms with Crippen molar-refractivity contribution in [1.82, 2.24) is 20.4 Å². The van der Waals surface area contributed by atoms with E-state index in [1.165, 1.54) is 39.4 Å². The molecule has 4 N–H and O–H groups in total. The van der Waals surface area contributed by atoms with Crippen molar-refractivity contribution in [3.8, 4) is 46.0 Å². The third kappa shape index (κ3) is 22.9. The Morgan fingerprint density at radius 3 is 0.846 bits per heavy atom. The summed E-state index contributed by atoms with van der Waals surface area (Å²) in [4.78, 5) is 14.5. The van der Waals surface area contributed by atoms with Crippen LogP contribution >= 0.6 is 15.9 Å². The molecule has 4 aliphatic heterocycles. The molecule has 0 aliphatic carbocycles. The van der Waals surface area contributed by atoms with Crippen molar-refractivity contribution in [1.29, 1.82) is 0 Å². The number of halogens is 1. The van der Waals surface area contributed by atoms with E-state index in [0.717, 1.165) is 158 Å². The van der Waals surface area contributed by atoms with Crippen molar-refractivity contribution in [2.45, 2.75) is 25.8 Å². The number of hydrogen-bond acceptors (Lipinski definition) is 14. The highest BCUT2D eigenvalue weighted by Gasteiger charge is 2.19. The number of phenolic OH excluding ortho intramolecular Hbond substituents is 2. The van der Waals surface area contributed by atoms with Gasteiger partial charge in [-0.3, -0.25) is 9.80 Å². The van der Waals surface area contributed by atoms with Gasteiger partial charge in [0.2, 0.25) is 0 Å². The Bertz CT molecular complexity index is 3370. The van der Waals surface area contributed by atoms with Crippen molar-refractivity contribution >= 4 is 38.7 Å². The summed E-state index contributed by atoms with van der Waals surface area (Å²) in [6, 6.07) is 78.3. The Kier molecular flexibility index (Phi) is 28.1. The fourth-order valence-corrected chi connectivity index (χ4v) is 11.1. The van der Waals surface area contributed by atoms with Gasteiger partial charge in [0.05, 0.1) is 14.2 Å². The molecule has 9 aromatic rings. The van der Waals surface area contributed by atoms with Crippen LogP contribution in [-0.4, -0.2) is 139 Å². The predicted octanol–water partition coefficient (Wildman–Crippen LogP) is 14.4. The van der Waals surface area contributed by atoms with Crippen LogP contribution < -0.4 is 49.2 Å². The van der Waals surface area contributed by atoms with Crippen molar-refractivity contribution < 1.29 is 29.2 Å². The minimum absolute atomic E-state index is 0. The number of piperazine rings is 4. The zero-order valence-corrected chi connectivity index (χ0v) is 53.6. The van der Waals surface area contributed by atoms with E-state index in [1.54, 1.807) is 38.5 Å². The standard InChI is InChI=1S/C24H26N2O2.C17H20N2O2.C17H20N2O.C10H14N2O.C7H7Br.CH4/c1-27-22-11-13-24(14-12-22)28-23-9-7-21(8-10-23)26-17-15-25(16-18-26)19-20-5-3-2-4-6-20;1-20-15-6-8-17(9-7-15)21-16-4-2-14(3-5-16)19-12-10-18-11-13-19;20-17-8-6-16(7-9-17)19-12-10-18(11-13-19)14-15-4-2-1-3-5-15;13-10-3-1-9(2-4-10)12-7-5-11-6-8-12;8-6-7-4-2-1-3-5-7;/h2-14H,15-19H2,1H3;2-9,18H,10-13H2,1H3;1-9,20H,10-14H2;1-4,11,13H,5-8H2;1-5H,6H2;1H4. The maximum atomic E-state index is 9.33. The number of phenols is 2. The molecule has 4 aliphatic rings. The van der Waals surface area contributed by atoms with Gasteiger partial charge >= 0.3 is 0 Å². The van der Waals surface area contributed by atoms with Gasteiger partial charge in [0.25, 0.3) is 0 Å². The molecule has 0 saturated carbocycles. The molecular weight excluding hydrogens is 1200 g/mol. The molecule has 0 radical (unpaired) electrons. The molecule has 4 heterocycles. The lowest BCUT2D eigenvalue weighted by atomic mass is 10.2. The fraction of sp³-hybridized carbons (Fsp3) is 0.289. The van der Waals surface area contributed by atoms with Gasteiger partial charge in [0, 0.05) is 146 Å². The van der Waals surface area contributed by atoms with Crippen LogP contribution in [0.15, 0.2) is 237 Å². The molecule has 4 saturated heterocycles. The Morgan fingerprint density at radius 1 is 0.319 bits per heavy atom. The Morgan fingerprint density at radius 2 is 0.571 bits per heavy atom. The van der Waals surface area contributed by atoms with Gasteiger partial charge in [0.1, 0.15) is 46.0 Å². The lowest BCUT2D eigenvalue weighted by Gasteiger charge is -2.36. The van der Waals surface area contributed by atoms with E-state index in [0.29, 0.717) is 11.5 Å². The maximum Gasteiger partial charge on any atom is 0.127 e. The van der Waals surface area contributed by atoms with E-state index in [9.17, 15) is 5.11 Å². The number of nitrogens with zero attached hydrogens (tertiary/aromatic N) is 6. The molecule has 0 bridgehead atoms. The maximum absolute atomic E-state index is 9.33. The van der Waals surface area contributed by atoms with E-state index in [4.69, 9.17) is 24.1 Å². The van der Waals surface area contributed by atoms with E-state index in [2.05, 4.69) is 153 Å². The van der Waals surface area contributed by atoms with Crippen molar-refractivity contribution in [3.05, 3.63) is 253 Å². The Labute approximate surface area is 548 Å². The van der Waals surface area contributed by atoms with Gasteiger partial charge in [-0.1, -0.05) is 114 Å². The summed E-state index contributed by atoms with van der Waals surface area (Å²) < 4.78 is 22.1. The van der Waals surface area contributed by atoms with E-state index in [1.807, 2.05) is 115 Å². The smallest absolute Gasteiger partial charge is 0.127 e. The number of benzene rings is 9. The van der Waals surface area contributed by atoms with Gasteiger partial charge in [-0.15, -0.1) is 0 Å². The predicted molar refractivity (Wildman–Crippen MR) is 379 cm³/mol. The van der Waals surface area contributed by atoms with Gasteiger partial charge in [-0.05, 0) is 162 Å². The normalized spacial score (nSPS) is 14.8. The largest absolute Gasteiger partial charge is 0.508 e. The molecule has 0 amide bonds. The second-order valence-electron chi connectivity index (χ2n) is 22.2. The molecule has 0 aromatic heterocycles. The SMILES string of the molecule is BrCc1ccccc1.C.COc1ccc(Oc2ccc(N3CCN(Cc4ccccc4)CC3)cc2)cc1.COc1ccc(Oc2ccc(N3CCNCC3)cc2)cc1.Oc1ccc(N2CCN(Cc3ccccc3)CC2)cc1.Oc1ccc(N2CCNCC2)cc1. The highest BCUT2D eigenvalue weighted by Crippen LogP contribution is 2.29. The molecule has 13 rings (SSSR count). The Hall–Kier alpha value is -8.70. The van der Waals surface area contributed by atoms with E-state index < -0.39 is 0 Å². The van der Waals surface area contributed by atoms with Crippen LogP contribution in [0.4, 0.5) is 22.7 Å². The van der Waals surface area contributed by atoms with Crippen LogP contribution in [0.3, 0.4) is 0 Å². The number of nitrogens with one attached hydrogen (secondary N) is 2. The molecule has 91 heavy (non-hydrogen) atoms. The fourth-order valence-electron chi connectivity index (χ4n) is 10.8. The summed E-state index contributed by atoms with van der Waals surface area (Å²) in [5.41, 5.74) is 8.98. The number of anilines is 4. The monoisotopic (exact) mass is 1290 g/mol. The minimum Gasteiger partial charge on any atom is -0.508 e. The van der Waals surface area contributed by atoms with Crippen LogP contribution in [-0.2, 0) is 18.4 Å². The van der Waals surface area contributed by atoms with Gasteiger partial charge < -0.3 is 59.4 Å². The average molecular weight is 1290 g/mol. The van der Waals surface area contributed by atoms with Crippen LogP contribution in [0.2, 0.25) is 0 Å². The second-order valence-corrected chi connectivity index (χ2v) is 22.7. The number of hydrogen-bond donors (Lipinski definition) is 4. The van der Waals surface area contributed by atoms with Gasteiger partial charge in [0.15, 0.2) is 0 Å². The van der Waals surface area contributed by atoms with E-state index in [-0.39, 0.29) is 7.43 Å². The van der Waals surface area contributed by atoms with Crippen LogP contribution in [0, 0.1) is 0 Å². The summed E-state index contributed by atoms with van der Waals surface area (Å²) in [5.74, 6) is 5.63. The first-order chi connectivity index (χ1) is 44.2. The average Bonchev–Trinajstić information content (AvgIpc) is 3.73. The first-order valence-corrected chi connectivity index (χ1v) is 32.3. The van der Waals surface area contributed by atoms with Crippen molar-refractivity contribution in [3.63, 3.8) is 0 Å². The van der Waals surface area contributed by atoms with Crippen LogP contribution in [0.5, 0.6) is 46.0 Å². The second kappa shape index (κ2) is 37.5. The third-order valence-electron chi connectivity index (χ3n) is 15.9. The third-order valence-corrected chi connectivity index (χ3v) is 16.5. The van der Waals surface area contributed by atoms with Crippen LogP contribution in [0.25, 0.3) is 0 Å². The number of rotatable bonds is 15. The number of methoxy groups -OCH3 is 2. The van der Waals surface area contributed by atoms with Crippen molar-refractivity contribution in [2.75, 3.05) is 139 Å². The minimum atomic E-state index is 0. The van der Waals surface area contributed by atoms with Gasteiger partial charge in [-0.2, -0.15) is 0 Å². The summed E-state index contributed by atoms with van der Waals surface area (Å²) in [7, 11) is 3.32. The first-order valence-electron chi connectivity index (χ1n) is 31.2. The topological polar surface area (TPSA) is 121 Å². The lowest BCUT2D eigenvalue weighted by molar-refractivity contribution is 0.250. The zero-order chi connectivity index (χ0) is 62.4. The molecule has 4 fully saturated rings. The highest BCUT2D eigenvalue weighted by molar-refractivity contribution is 9.08. The highest BCUT2D eigenvalue weighted by atomic mass is 79.9. The number of aromatic hydroxyl groups is 2. The Balaban J connectivity index is 0.000000153. The van der Waals surface area contributed by atoms with E-state index >= 15 is 0 Å². The molecular formula is C76H91BrN8O6. The quantitative estimate of drug-likeness (QED) is 0.0729. The molecule has 15 heteroatoms. The molecule has 0 atom stereocenters. The summed E-state index contributed by atoms with van der Waals surface area (Å²) in [6.07, 6.45) is 0. The number of ether oxygens (including phenoxy) is 4. The molecule has 9 aromatic carbocycles. The summed E-state index contributed by atoms with van der Waals surface area (Å²) in [6.45, 7) is 18.9. The lowest BCUT2D eigenvalue weighted by Crippen LogP contribution is -2.45. The molecule has 0 spiro atoms. The molecule has 478 valence electrons. The summed E-state index contributed by atoms with van der Waals surface area (Å²) in [5, 5.41) is 26.1. The summed E-state index contributed by atoms with van der Waals surface area (Å²) >= 11 is 3.36. The molecule has 0 unspecified atom stereocenters. The zero-order valence-electron chi connectivity index (χ0n) is 52.0. The molecule has 14 nitrogen and oxygen atoms in total. The number of alkyl halides is 1. The van der Waals surface area contributed by atoms with Gasteiger partial charge in [-0.25, -0.2) is 0 Å². The first kappa shape index (κ1) is 68.2. The van der Waals surface area contributed by atoms with Crippen LogP contribution in [0.1, 0.15) is 24.1 Å².